The van der Waals surface area contributed by atoms with Gasteiger partial charge in [0.25, 0.3) is 11.1 Å². The van der Waals surface area contributed by atoms with E-state index >= 15 is 0 Å². The highest BCUT2D eigenvalue weighted by Gasteiger charge is 2.35. The molecule has 0 radical (unpaired) electrons. The molecule has 0 spiro atoms. The second-order valence-electron chi connectivity index (χ2n) is 5.67. The first kappa shape index (κ1) is 15.6. The van der Waals surface area contributed by atoms with Gasteiger partial charge in [0.1, 0.15) is 0 Å². The summed E-state index contributed by atoms with van der Waals surface area (Å²) in [4.78, 5) is 28.0. The molecule has 2 amide bonds. The molecule has 1 aliphatic rings. The van der Waals surface area contributed by atoms with Crippen molar-refractivity contribution in [3.63, 3.8) is 0 Å². The number of hydrogen-bond acceptors (Lipinski definition) is 4. The average Bonchev–Trinajstić information content (AvgIpc) is 2.67. The number of thioether (sulfide) groups is 1. The third-order valence-corrected chi connectivity index (χ3v) is 4.04. The van der Waals surface area contributed by atoms with E-state index in [0.29, 0.717) is 11.4 Å². The summed E-state index contributed by atoms with van der Waals surface area (Å²) in [7, 11) is 3.96. The highest BCUT2D eigenvalue weighted by atomic mass is 32.2. The standard InChI is InChI=1S/C16H20N2O2S/c1-11(2)10-18-15(19)14(21-16(18)20)9-12-5-7-13(8-6-12)17(3)4/h5-9,11H,10H2,1-4H3/b14-9+. The van der Waals surface area contributed by atoms with E-state index < -0.39 is 0 Å². The summed E-state index contributed by atoms with van der Waals surface area (Å²) in [5, 5.41) is -0.176. The maximum Gasteiger partial charge on any atom is 0.293 e. The number of benzene rings is 1. The highest BCUT2D eigenvalue weighted by molar-refractivity contribution is 8.18. The normalized spacial score (nSPS) is 17.2. The molecule has 1 fully saturated rings. The van der Waals surface area contributed by atoms with Crippen molar-refractivity contribution in [2.24, 2.45) is 5.92 Å². The fourth-order valence-electron chi connectivity index (χ4n) is 2.04. The zero-order valence-electron chi connectivity index (χ0n) is 12.8. The monoisotopic (exact) mass is 304 g/mol. The molecule has 0 saturated carbocycles. The van der Waals surface area contributed by atoms with Crippen LogP contribution in [0.5, 0.6) is 0 Å². The lowest BCUT2D eigenvalue weighted by molar-refractivity contribution is -0.123. The van der Waals surface area contributed by atoms with E-state index in [-0.39, 0.29) is 17.1 Å². The fraction of sp³-hybridized carbons (Fsp3) is 0.375. The Bertz CT molecular complexity index is 576. The minimum atomic E-state index is -0.185. The van der Waals surface area contributed by atoms with Gasteiger partial charge < -0.3 is 4.90 Å². The van der Waals surface area contributed by atoms with E-state index in [4.69, 9.17) is 0 Å². The van der Waals surface area contributed by atoms with Gasteiger partial charge in [-0.05, 0) is 41.5 Å². The van der Waals surface area contributed by atoms with Crippen LogP contribution in [0.25, 0.3) is 6.08 Å². The van der Waals surface area contributed by atoms with Crippen molar-refractivity contribution in [2.75, 3.05) is 25.5 Å². The maximum atomic E-state index is 12.2. The van der Waals surface area contributed by atoms with Gasteiger partial charge in [0, 0.05) is 26.3 Å². The number of carbonyl (C=O) groups is 2. The smallest absolute Gasteiger partial charge is 0.293 e. The molecule has 1 aromatic carbocycles. The molecule has 0 atom stereocenters. The van der Waals surface area contributed by atoms with Gasteiger partial charge in [0.05, 0.1) is 4.91 Å². The molecule has 0 bridgehead atoms. The summed E-state index contributed by atoms with van der Waals surface area (Å²) in [6.45, 7) is 4.46. The minimum Gasteiger partial charge on any atom is -0.378 e. The Morgan fingerprint density at radius 1 is 1.19 bits per heavy atom. The van der Waals surface area contributed by atoms with E-state index in [1.807, 2.05) is 57.1 Å². The SMILES string of the molecule is CC(C)CN1C(=O)S/C(=C/c2ccc(N(C)C)cc2)C1=O. The van der Waals surface area contributed by atoms with Crippen LogP contribution in [0.3, 0.4) is 0 Å². The predicted octanol–water partition coefficient (Wildman–Crippen LogP) is 3.44. The fourth-order valence-corrected chi connectivity index (χ4v) is 2.89. The molecule has 0 aliphatic carbocycles. The molecule has 1 heterocycles. The number of nitrogens with zero attached hydrogens (tertiary/aromatic N) is 2. The van der Waals surface area contributed by atoms with Crippen molar-refractivity contribution in [3.05, 3.63) is 34.7 Å². The topological polar surface area (TPSA) is 40.6 Å². The van der Waals surface area contributed by atoms with Gasteiger partial charge in [-0.3, -0.25) is 14.5 Å². The second kappa shape index (κ2) is 6.35. The molecule has 4 nitrogen and oxygen atoms in total. The van der Waals surface area contributed by atoms with Crippen LogP contribution in [0.1, 0.15) is 19.4 Å². The van der Waals surface area contributed by atoms with Crippen LogP contribution in [0.2, 0.25) is 0 Å². The van der Waals surface area contributed by atoms with Crippen molar-refractivity contribution in [1.29, 1.82) is 0 Å². The second-order valence-corrected chi connectivity index (χ2v) is 6.67. The van der Waals surface area contributed by atoms with Crippen molar-refractivity contribution >= 4 is 34.7 Å². The summed E-state index contributed by atoms with van der Waals surface area (Å²) in [6.07, 6.45) is 1.78. The third kappa shape index (κ3) is 3.67. The predicted molar refractivity (Wildman–Crippen MR) is 88.3 cm³/mol. The molecule has 1 aromatic rings. The molecular formula is C16H20N2O2S. The molecule has 1 saturated heterocycles. The summed E-state index contributed by atoms with van der Waals surface area (Å²) in [6, 6.07) is 7.88. The molecule has 0 N–H and O–H groups in total. The van der Waals surface area contributed by atoms with Crippen molar-refractivity contribution < 1.29 is 9.59 Å². The lowest BCUT2D eigenvalue weighted by Gasteiger charge is -2.14. The number of amides is 2. The molecule has 2 rings (SSSR count). The molecule has 1 aliphatic heterocycles. The lowest BCUT2D eigenvalue weighted by atomic mass is 10.1. The van der Waals surface area contributed by atoms with Crippen LogP contribution in [0, 0.1) is 5.92 Å². The van der Waals surface area contributed by atoms with Gasteiger partial charge in [-0.1, -0.05) is 26.0 Å². The summed E-state index contributed by atoms with van der Waals surface area (Å²) >= 11 is 1.02. The van der Waals surface area contributed by atoms with Gasteiger partial charge in [0.2, 0.25) is 0 Å². The molecular weight excluding hydrogens is 284 g/mol. The maximum absolute atomic E-state index is 12.2. The first-order valence-electron chi connectivity index (χ1n) is 6.91. The van der Waals surface area contributed by atoms with E-state index in [0.717, 1.165) is 23.0 Å². The Balaban J connectivity index is 2.18. The van der Waals surface area contributed by atoms with Gasteiger partial charge >= 0.3 is 0 Å². The number of hydrogen-bond donors (Lipinski definition) is 0. The minimum absolute atomic E-state index is 0.176. The van der Waals surface area contributed by atoms with Gasteiger partial charge in [-0.2, -0.15) is 0 Å². The van der Waals surface area contributed by atoms with Crippen LogP contribution in [-0.2, 0) is 4.79 Å². The Hall–Kier alpha value is -1.75. The molecule has 21 heavy (non-hydrogen) atoms. The van der Waals surface area contributed by atoms with Gasteiger partial charge in [-0.25, -0.2) is 0 Å². The van der Waals surface area contributed by atoms with Crippen molar-refractivity contribution in [3.8, 4) is 0 Å². The Kier molecular flexibility index (Phi) is 4.73. The Labute approximate surface area is 129 Å². The van der Waals surface area contributed by atoms with E-state index in [2.05, 4.69) is 0 Å². The van der Waals surface area contributed by atoms with Gasteiger partial charge in [0.15, 0.2) is 0 Å². The van der Waals surface area contributed by atoms with Gasteiger partial charge in [-0.15, -0.1) is 0 Å². The Morgan fingerprint density at radius 2 is 1.81 bits per heavy atom. The van der Waals surface area contributed by atoms with Crippen LogP contribution in [0.15, 0.2) is 29.2 Å². The Morgan fingerprint density at radius 3 is 2.33 bits per heavy atom. The van der Waals surface area contributed by atoms with E-state index in [1.54, 1.807) is 6.08 Å². The van der Waals surface area contributed by atoms with Crippen LogP contribution >= 0.6 is 11.8 Å². The summed E-state index contributed by atoms with van der Waals surface area (Å²) in [5.41, 5.74) is 2.02. The summed E-state index contributed by atoms with van der Waals surface area (Å²) in [5.74, 6) is 0.0904. The molecule has 0 unspecified atom stereocenters. The van der Waals surface area contributed by atoms with Crippen molar-refractivity contribution in [1.82, 2.24) is 4.90 Å². The highest BCUT2D eigenvalue weighted by Crippen LogP contribution is 2.32. The van der Waals surface area contributed by atoms with Crippen LogP contribution < -0.4 is 4.90 Å². The number of imide groups is 1. The van der Waals surface area contributed by atoms with E-state index in [9.17, 15) is 9.59 Å². The van der Waals surface area contributed by atoms with Crippen molar-refractivity contribution in [2.45, 2.75) is 13.8 Å². The summed E-state index contributed by atoms with van der Waals surface area (Å²) < 4.78 is 0. The molecule has 0 aromatic heterocycles. The first-order chi connectivity index (χ1) is 9.88. The lowest BCUT2D eigenvalue weighted by Crippen LogP contribution is -2.31. The number of anilines is 1. The largest absolute Gasteiger partial charge is 0.378 e. The third-order valence-electron chi connectivity index (χ3n) is 3.13. The zero-order valence-corrected chi connectivity index (χ0v) is 13.6. The number of carbonyl (C=O) groups excluding carboxylic acids is 2. The molecule has 5 heteroatoms. The quantitative estimate of drug-likeness (QED) is 0.799. The zero-order chi connectivity index (χ0) is 15.6. The van der Waals surface area contributed by atoms with E-state index in [1.165, 1.54) is 4.90 Å². The van der Waals surface area contributed by atoms with Crippen LogP contribution in [0.4, 0.5) is 10.5 Å². The molecule has 112 valence electrons. The average molecular weight is 304 g/mol. The number of rotatable bonds is 4. The first-order valence-corrected chi connectivity index (χ1v) is 7.73. The van der Waals surface area contributed by atoms with Crippen LogP contribution in [-0.4, -0.2) is 36.7 Å².